The van der Waals surface area contributed by atoms with Crippen molar-refractivity contribution in [1.82, 2.24) is 9.38 Å². The first-order valence-electron chi connectivity index (χ1n) is 5.92. The molecule has 3 aromatic rings. The van der Waals surface area contributed by atoms with E-state index in [2.05, 4.69) is 4.98 Å². The van der Waals surface area contributed by atoms with Gasteiger partial charge in [0.25, 0.3) is 0 Å². The van der Waals surface area contributed by atoms with E-state index in [1.807, 2.05) is 16.7 Å². The summed E-state index contributed by atoms with van der Waals surface area (Å²) in [7, 11) is 0. The number of pyridine rings is 1. The lowest BCUT2D eigenvalue weighted by Crippen LogP contribution is -1.88. The van der Waals surface area contributed by atoms with E-state index in [1.54, 1.807) is 18.3 Å². The summed E-state index contributed by atoms with van der Waals surface area (Å²) >= 11 is 7.42. The molecule has 0 fully saturated rings. The van der Waals surface area contributed by atoms with Crippen molar-refractivity contribution in [3.05, 3.63) is 59.3 Å². The van der Waals surface area contributed by atoms with Crippen LogP contribution in [0.15, 0.2) is 47.6 Å². The lowest BCUT2D eigenvalue weighted by atomic mass is 10.3. The van der Waals surface area contributed by atoms with Gasteiger partial charge in [0.1, 0.15) is 11.5 Å². The molecule has 3 nitrogen and oxygen atoms in total. The molecule has 0 atom stereocenters. The molecule has 2 aromatic heterocycles. The molecule has 2 heterocycles. The molecule has 6 heteroatoms. The van der Waals surface area contributed by atoms with Crippen LogP contribution in [0.4, 0.5) is 10.1 Å². The fourth-order valence-electron chi connectivity index (χ4n) is 1.91. The van der Waals surface area contributed by atoms with Crippen molar-refractivity contribution >= 4 is 34.7 Å². The number of hydrogen-bond acceptors (Lipinski definition) is 3. The highest BCUT2D eigenvalue weighted by molar-refractivity contribution is 7.98. The summed E-state index contributed by atoms with van der Waals surface area (Å²) in [5, 5.41) is 0.659. The highest BCUT2D eigenvalue weighted by Crippen LogP contribution is 2.25. The quantitative estimate of drug-likeness (QED) is 0.587. The van der Waals surface area contributed by atoms with E-state index in [4.69, 9.17) is 17.3 Å². The lowest BCUT2D eigenvalue weighted by molar-refractivity contribution is 0.625. The van der Waals surface area contributed by atoms with Crippen LogP contribution in [0.5, 0.6) is 0 Å². The highest BCUT2D eigenvalue weighted by atomic mass is 35.5. The van der Waals surface area contributed by atoms with Gasteiger partial charge in [0.05, 0.1) is 10.7 Å². The Morgan fingerprint density at radius 1 is 1.25 bits per heavy atom. The summed E-state index contributed by atoms with van der Waals surface area (Å²) in [5.74, 6) is 0.316. The van der Waals surface area contributed by atoms with Crippen LogP contribution in [-0.4, -0.2) is 9.38 Å². The van der Waals surface area contributed by atoms with Crippen LogP contribution in [0.25, 0.3) is 5.65 Å². The minimum atomic E-state index is -0.325. The average Bonchev–Trinajstić information content (AvgIpc) is 2.77. The molecule has 0 saturated heterocycles. The highest BCUT2D eigenvalue weighted by Gasteiger charge is 2.04. The fraction of sp³-hybridized carbons (Fsp3) is 0.0714. The number of rotatable bonds is 3. The van der Waals surface area contributed by atoms with Gasteiger partial charge >= 0.3 is 0 Å². The number of thioether (sulfide) groups is 1. The molecule has 3 rings (SSSR count). The minimum Gasteiger partial charge on any atom is -0.399 e. The van der Waals surface area contributed by atoms with Crippen molar-refractivity contribution in [2.75, 3.05) is 5.73 Å². The van der Waals surface area contributed by atoms with Crippen LogP contribution >= 0.6 is 23.4 Å². The molecule has 0 amide bonds. The monoisotopic (exact) mass is 307 g/mol. The lowest BCUT2D eigenvalue weighted by Gasteiger charge is -2.01. The smallest absolute Gasteiger partial charge is 0.137 e. The zero-order valence-electron chi connectivity index (χ0n) is 10.4. The van der Waals surface area contributed by atoms with Crippen molar-refractivity contribution < 1.29 is 4.39 Å². The van der Waals surface area contributed by atoms with Gasteiger partial charge in [0.15, 0.2) is 0 Å². The van der Waals surface area contributed by atoms with Crippen LogP contribution in [0, 0.1) is 5.82 Å². The summed E-state index contributed by atoms with van der Waals surface area (Å²) < 4.78 is 15.1. The van der Waals surface area contributed by atoms with E-state index in [-0.39, 0.29) is 5.82 Å². The number of nitrogen functional groups attached to an aromatic ring is 1. The molecule has 2 N–H and O–H groups in total. The zero-order valence-corrected chi connectivity index (χ0v) is 12.0. The minimum absolute atomic E-state index is 0.325. The molecule has 0 aliphatic carbocycles. The number of halogens is 2. The standard InChI is InChI=1S/C14H11ClFN3S/c15-9-1-2-14-18-12(7-19(14)6-9)8-20-13-4-10(16)3-11(17)5-13/h1-7H,8,17H2. The number of hydrogen-bond donors (Lipinski definition) is 1. The van der Waals surface area contributed by atoms with Crippen molar-refractivity contribution in [3.63, 3.8) is 0 Å². The van der Waals surface area contributed by atoms with E-state index >= 15 is 0 Å². The van der Waals surface area contributed by atoms with Crippen LogP contribution < -0.4 is 5.73 Å². The van der Waals surface area contributed by atoms with Crippen LogP contribution in [0.3, 0.4) is 0 Å². The molecule has 102 valence electrons. The second kappa shape index (κ2) is 5.34. The van der Waals surface area contributed by atoms with Gasteiger partial charge in [-0.1, -0.05) is 11.6 Å². The number of imidazole rings is 1. The van der Waals surface area contributed by atoms with E-state index in [0.29, 0.717) is 16.5 Å². The van der Waals surface area contributed by atoms with E-state index in [0.717, 1.165) is 16.2 Å². The Bertz CT molecular complexity index is 752. The molecular formula is C14H11ClFN3S. The maximum Gasteiger partial charge on any atom is 0.137 e. The summed E-state index contributed by atoms with van der Waals surface area (Å²) in [6.45, 7) is 0. The van der Waals surface area contributed by atoms with Crippen molar-refractivity contribution in [1.29, 1.82) is 0 Å². The second-order valence-electron chi connectivity index (χ2n) is 4.35. The van der Waals surface area contributed by atoms with Gasteiger partial charge in [-0.15, -0.1) is 11.8 Å². The van der Waals surface area contributed by atoms with Crippen LogP contribution in [0.2, 0.25) is 5.02 Å². The summed E-state index contributed by atoms with van der Waals surface area (Å²) in [5.41, 5.74) is 7.78. The topological polar surface area (TPSA) is 43.3 Å². The van der Waals surface area contributed by atoms with Crippen molar-refractivity contribution in [2.45, 2.75) is 10.6 Å². The fourth-order valence-corrected chi connectivity index (χ4v) is 2.95. The average molecular weight is 308 g/mol. The van der Waals surface area contributed by atoms with Gasteiger partial charge < -0.3 is 10.1 Å². The molecule has 1 aromatic carbocycles. The Morgan fingerprint density at radius 2 is 2.10 bits per heavy atom. The molecule has 0 aliphatic heterocycles. The summed E-state index contributed by atoms with van der Waals surface area (Å²) in [6, 6.07) is 8.18. The van der Waals surface area contributed by atoms with Gasteiger partial charge in [-0.3, -0.25) is 0 Å². The summed E-state index contributed by atoms with van der Waals surface area (Å²) in [6.07, 6.45) is 3.72. The molecule has 0 unspecified atom stereocenters. The second-order valence-corrected chi connectivity index (χ2v) is 5.84. The number of aromatic nitrogens is 2. The molecule has 0 saturated carbocycles. The summed E-state index contributed by atoms with van der Waals surface area (Å²) in [4.78, 5) is 5.26. The predicted octanol–water partition coefficient (Wildman–Crippen LogP) is 4.00. The van der Waals surface area contributed by atoms with Crippen molar-refractivity contribution in [3.8, 4) is 0 Å². The first-order chi connectivity index (χ1) is 9.60. The number of nitrogens with zero attached hydrogens (tertiary/aromatic N) is 2. The third kappa shape index (κ3) is 2.89. The first-order valence-corrected chi connectivity index (χ1v) is 7.28. The van der Waals surface area contributed by atoms with Crippen LogP contribution in [-0.2, 0) is 5.75 Å². The molecule has 0 aliphatic rings. The number of nitrogens with two attached hydrogens (primary N) is 1. The Morgan fingerprint density at radius 3 is 2.90 bits per heavy atom. The SMILES string of the molecule is Nc1cc(F)cc(SCc2cn3cc(Cl)ccc3n2)c1. The van der Waals surface area contributed by atoms with Crippen LogP contribution in [0.1, 0.15) is 5.69 Å². The van der Waals surface area contributed by atoms with Gasteiger partial charge in [0.2, 0.25) is 0 Å². The normalized spacial score (nSPS) is 11.1. The van der Waals surface area contributed by atoms with Gasteiger partial charge in [-0.2, -0.15) is 0 Å². The Balaban J connectivity index is 1.79. The predicted molar refractivity (Wildman–Crippen MR) is 80.6 cm³/mol. The van der Waals surface area contributed by atoms with Gasteiger partial charge in [-0.25, -0.2) is 9.37 Å². The van der Waals surface area contributed by atoms with E-state index in [9.17, 15) is 4.39 Å². The molecule has 0 radical (unpaired) electrons. The zero-order chi connectivity index (χ0) is 14.1. The number of benzene rings is 1. The molecule has 0 spiro atoms. The Hall–Kier alpha value is -1.72. The third-order valence-corrected chi connectivity index (χ3v) is 3.98. The molecule has 20 heavy (non-hydrogen) atoms. The first kappa shape index (κ1) is 13.3. The van der Waals surface area contributed by atoms with Gasteiger partial charge in [0, 0.05) is 28.7 Å². The number of anilines is 1. The number of fused-ring (bicyclic) bond motifs is 1. The third-order valence-electron chi connectivity index (χ3n) is 2.75. The van der Waals surface area contributed by atoms with E-state index < -0.39 is 0 Å². The largest absolute Gasteiger partial charge is 0.399 e. The molecular weight excluding hydrogens is 297 g/mol. The molecule has 0 bridgehead atoms. The van der Waals surface area contributed by atoms with Crippen molar-refractivity contribution in [2.24, 2.45) is 0 Å². The maximum atomic E-state index is 13.2. The van der Waals surface area contributed by atoms with Gasteiger partial charge in [-0.05, 0) is 30.3 Å². The Labute approximate surface area is 124 Å². The maximum absolute atomic E-state index is 13.2. The van der Waals surface area contributed by atoms with E-state index in [1.165, 1.54) is 23.9 Å². The Kier molecular flexibility index (Phi) is 3.54.